The number of pyridine rings is 2. The van der Waals surface area contributed by atoms with Crippen LogP contribution < -0.4 is 9.50 Å². The van der Waals surface area contributed by atoms with E-state index in [-0.39, 0.29) is 1.43 Å². The van der Waals surface area contributed by atoms with Crippen LogP contribution in [0.25, 0.3) is 10.8 Å². The molecule has 0 spiro atoms. The van der Waals surface area contributed by atoms with Crippen molar-refractivity contribution in [3.63, 3.8) is 0 Å². The standard InChI is InChI=1S/C13H12F3N3O3S.H2/c14-13(15,16)23(20,21)22-11-5-10-9(7-18-11)3-4-17-12(10)19-6-8-1-2-8;/h3-5,7-8H,1-2,6H2,(H,17,19);1H. The maximum absolute atomic E-state index is 12.4. The van der Waals surface area contributed by atoms with Crippen molar-refractivity contribution in [1.82, 2.24) is 9.97 Å². The van der Waals surface area contributed by atoms with E-state index < -0.39 is 21.5 Å². The summed E-state index contributed by atoms with van der Waals surface area (Å²) < 4.78 is 63.2. The van der Waals surface area contributed by atoms with Crippen molar-refractivity contribution in [3.8, 4) is 5.88 Å². The Hall–Kier alpha value is -2.10. The van der Waals surface area contributed by atoms with Crippen molar-refractivity contribution >= 4 is 26.7 Å². The van der Waals surface area contributed by atoms with E-state index in [0.29, 0.717) is 29.1 Å². The van der Waals surface area contributed by atoms with E-state index in [4.69, 9.17) is 0 Å². The normalized spacial score (nSPS) is 15.6. The van der Waals surface area contributed by atoms with Crippen molar-refractivity contribution in [1.29, 1.82) is 0 Å². The van der Waals surface area contributed by atoms with Crippen LogP contribution in [0.3, 0.4) is 0 Å². The lowest BCUT2D eigenvalue weighted by molar-refractivity contribution is -0.0501. The predicted molar refractivity (Wildman–Crippen MR) is 78.5 cm³/mol. The van der Waals surface area contributed by atoms with Crippen LogP contribution in [0.15, 0.2) is 24.5 Å². The van der Waals surface area contributed by atoms with E-state index in [9.17, 15) is 21.6 Å². The molecule has 10 heteroatoms. The SMILES string of the molecule is O=S(=O)(Oc1cc2c(NCC3CC3)nccc2cn1)C(F)(F)F.[HH]. The summed E-state index contributed by atoms with van der Waals surface area (Å²) in [5.41, 5.74) is -5.51. The van der Waals surface area contributed by atoms with Crippen molar-refractivity contribution < 1.29 is 27.2 Å². The first-order chi connectivity index (χ1) is 10.8. The number of hydrogen-bond donors (Lipinski definition) is 1. The predicted octanol–water partition coefficient (Wildman–Crippen LogP) is 2.93. The number of rotatable bonds is 5. The third-order valence-corrected chi connectivity index (χ3v) is 4.31. The van der Waals surface area contributed by atoms with Gasteiger partial charge in [0.15, 0.2) is 0 Å². The van der Waals surface area contributed by atoms with E-state index in [1.807, 2.05) is 0 Å². The third-order valence-electron chi connectivity index (χ3n) is 3.36. The minimum absolute atomic E-state index is 0. The quantitative estimate of drug-likeness (QED) is 0.660. The summed E-state index contributed by atoms with van der Waals surface area (Å²) in [6.07, 6.45) is 5.02. The minimum Gasteiger partial charge on any atom is -0.369 e. The van der Waals surface area contributed by atoms with Gasteiger partial charge >= 0.3 is 15.6 Å². The van der Waals surface area contributed by atoms with Gasteiger partial charge in [-0.25, -0.2) is 9.97 Å². The van der Waals surface area contributed by atoms with Crippen molar-refractivity contribution in [3.05, 3.63) is 24.5 Å². The van der Waals surface area contributed by atoms with Crippen molar-refractivity contribution in [2.45, 2.75) is 18.3 Å². The molecule has 6 nitrogen and oxygen atoms in total. The Morgan fingerprint density at radius 3 is 2.74 bits per heavy atom. The molecule has 0 saturated heterocycles. The van der Waals surface area contributed by atoms with E-state index in [0.717, 1.165) is 18.9 Å². The molecule has 3 rings (SSSR count). The van der Waals surface area contributed by atoms with E-state index in [2.05, 4.69) is 19.5 Å². The van der Waals surface area contributed by atoms with Crippen LogP contribution >= 0.6 is 0 Å². The van der Waals surface area contributed by atoms with Crippen LogP contribution in [0, 0.1) is 5.92 Å². The van der Waals surface area contributed by atoms with E-state index in [1.165, 1.54) is 12.4 Å². The van der Waals surface area contributed by atoms with Crippen LogP contribution in [0.4, 0.5) is 19.0 Å². The van der Waals surface area contributed by atoms with Gasteiger partial charge in [-0.15, -0.1) is 0 Å². The molecule has 1 aliphatic carbocycles. The van der Waals surface area contributed by atoms with Gasteiger partial charge < -0.3 is 9.50 Å². The van der Waals surface area contributed by atoms with Gasteiger partial charge in [-0.05, 0) is 24.8 Å². The Balaban J connectivity index is 0.00000208. The number of hydrogen-bond acceptors (Lipinski definition) is 6. The zero-order chi connectivity index (χ0) is 16.7. The second-order valence-corrected chi connectivity index (χ2v) is 6.75. The van der Waals surface area contributed by atoms with Gasteiger partial charge in [-0.1, -0.05) is 0 Å². The number of anilines is 1. The maximum atomic E-state index is 12.4. The lowest BCUT2D eigenvalue weighted by atomic mass is 10.2. The first-order valence-corrected chi connectivity index (χ1v) is 8.16. The van der Waals surface area contributed by atoms with Crippen molar-refractivity contribution in [2.75, 3.05) is 11.9 Å². The largest absolute Gasteiger partial charge is 0.534 e. The molecular weight excluding hydrogens is 335 g/mol. The second kappa shape index (κ2) is 5.52. The van der Waals surface area contributed by atoms with Gasteiger partial charge in [0.1, 0.15) is 5.82 Å². The Labute approximate surface area is 131 Å². The highest BCUT2D eigenvalue weighted by Gasteiger charge is 2.48. The summed E-state index contributed by atoms with van der Waals surface area (Å²) in [5.74, 6) is 0.360. The topological polar surface area (TPSA) is 81.2 Å². The Morgan fingerprint density at radius 2 is 2.09 bits per heavy atom. The molecular formula is C13H14F3N3O3S. The molecule has 1 saturated carbocycles. The van der Waals surface area contributed by atoms with Gasteiger partial charge in [-0.2, -0.15) is 21.6 Å². The fourth-order valence-corrected chi connectivity index (χ4v) is 2.37. The molecule has 1 aliphatic rings. The molecule has 0 bridgehead atoms. The molecule has 0 aliphatic heterocycles. The summed E-state index contributed by atoms with van der Waals surface area (Å²) in [4.78, 5) is 7.72. The lowest BCUT2D eigenvalue weighted by Crippen LogP contribution is -2.28. The van der Waals surface area contributed by atoms with Crippen LogP contribution in [-0.2, 0) is 10.1 Å². The number of fused-ring (bicyclic) bond motifs is 1. The lowest BCUT2D eigenvalue weighted by Gasteiger charge is -2.11. The van der Waals surface area contributed by atoms with E-state index >= 15 is 0 Å². The fourth-order valence-electron chi connectivity index (χ4n) is 1.96. The van der Waals surface area contributed by atoms with Crippen molar-refractivity contribution in [2.24, 2.45) is 5.92 Å². The smallest absolute Gasteiger partial charge is 0.369 e. The minimum atomic E-state index is -5.75. The molecule has 0 atom stereocenters. The monoisotopic (exact) mass is 349 g/mol. The molecule has 2 aromatic rings. The summed E-state index contributed by atoms with van der Waals surface area (Å²) in [5, 5.41) is 4.15. The van der Waals surface area contributed by atoms with Gasteiger partial charge in [0.05, 0.1) is 0 Å². The number of aromatic nitrogens is 2. The average Bonchev–Trinajstić information content (AvgIpc) is 3.27. The highest BCUT2D eigenvalue weighted by Crippen LogP contribution is 2.31. The number of nitrogens with one attached hydrogen (secondary N) is 1. The first-order valence-electron chi connectivity index (χ1n) is 6.76. The van der Waals surface area contributed by atoms with Gasteiger partial charge in [0, 0.05) is 37.2 Å². The second-order valence-electron chi connectivity index (χ2n) is 5.21. The summed E-state index contributed by atoms with van der Waals surface area (Å²) in [6, 6.07) is 2.74. The number of alkyl halides is 3. The fraction of sp³-hybridized carbons (Fsp3) is 0.385. The summed E-state index contributed by atoms with van der Waals surface area (Å²) >= 11 is 0. The van der Waals surface area contributed by atoms with Crippen LogP contribution in [-0.4, -0.2) is 30.4 Å². The Bertz CT molecular complexity index is 841. The molecule has 0 aromatic carbocycles. The van der Waals surface area contributed by atoms with Crippen LogP contribution in [0.2, 0.25) is 0 Å². The molecule has 126 valence electrons. The Kier molecular flexibility index (Phi) is 3.78. The molecule has 23 heavy (non-hydrogen) atoms. The molecule has 2 aromatic heterocycles. The highest BCUT2D eigenvalue weighted by molar-refractivity contribution is 7.87. The molecule has 0 unspecified atom stereocenters. The van der Waals surface area contributed by atoms with Gasteiger partial charge in [0.25, 0.3) is 0 Å². The molecule has 0 radical (unpaired) electrons. The van der Waals surface area contributed by atoms with Gasteiger partial charge in [-0.3, -0.25) is 0 Å². The molecule has 0 amide bonds. The van der Waals surface area contributed by atoms with E-state index in [1.54, 1.807) is 6.07 Å². The maximum Gasteiger partial charge on any atom is 0.534 e. The Morgan fingerprint density at radius 1 is 1.35 bits per heavy atom. The molecule has 2 heterocycles. The number of nitrogens with zero attached hydrogens (tertiary/aromatic N) is 2. The van der Waals surface area contributed by atoms with Crippen LogP contribution in [0.5, 0.6) is 5.88 Å². The average molecular weight is 349 g/mol. The summed E-state index contributed by atoms with van der Waals surface area (Å²) in [7, 11) is -5.75. The van der Waals surface area contributed by atoms with Crippen LogP contribution in [0.1, 0.15) is 14.3 Å². The zero-order valence-electron chi connectivity index (χ0n) is 11.7. The molecule has 1 N–H and O–H groups in total. The molecule has 1 fully saturated rings. The first kappa shape index (κ1) is 15.8. The number of halogens is 3. The van der Waals surface area contributed by atoms with Gasteiger partial charge in [0.2, 0.25) is 5.88 Å². The zero-order valence-corrected chi connectivity index (χ0v) is 12.5. The highest BCUT2D eigenvalue weighted by atomic mass is 32.2. The third kappa shape index (κ3) is 3.46. The summed E-state index contributed by atoms with van der Waals surface area (Å²) in [6.45, 7) is 0.700.